The van der Waals surface area contributed by atoms with Gasteiger partial charge in [0, 0.05) is 16.8 Å². The van der Waals surface area contributed by atoms with Crippen molar-refractivity contribution in [3.05, 3.63) is 65.7 Å². The Balaban J connectivity index is 2.34. The van der Waals surface area contributed by atoms with Crippen molar-refractivity contribution in [2.45, 2.75) is 17.9 Å². The summed E-state index contributed by atoms with van der Waals surface area (Å²) in [6, 6.07) is 11.8. The summed E-state index contributed by atoms with van der Waals surface area (Å²) < 4.78 is 81.6. The summed E-state index contributed by atoms with van der Waals surface area (Å²) in [5.41, 5.74) is -5.43. The normalized spacial score (nSPS) is 16.8. The smallest absolute Gasteiger partial charge is 0.340 e. The minimum atomic E-state index is -5.65. The molecule has 0 spiro atoms. The van der Waals surface area contributed by atoms with E-state index in [-0.39, 0.29) is 11.3 Å². The molecule has 1 aliphatic heterocycles. The fraction of sp³-hybridized carbons (Fsp3) is 0.188. The number of nitrogens with one attached hydrogen (secondary N) is 1. The van der Waals surface area contributed by atoms with E-state index in [1.807, 2.05) is 0 Å². The predicted molar refractivity (Wildman–Crippen MR) is 76.8 cm³/mol. The molecular weight excluding hydrogens is 334 g/mol. The lowest BCUT2D eigenvalue weighted by Crippen LogP contribution is -2.55. The number of hydrogen-bond donors (Lipinski definition) is 1. The van der Waals surface area contributed by atoms with Crippen LogP contribution in [0.3, 0.4) is 0 Å². The standard InChI is InChI=1S/C16H10F6N2/c17-15(18,19)14(16(20,21)22)11-8-4-5-9-12(11)23-13(24-14)10-6-2-1-3-7-10/h1-9H,(H,23,24). The zero-order chi connectivity index (χ0) is 17.6. The van der Waals surface area contributed by atoms with Crippen LogP contribution in [0, 0.1) is 0 Å². The number of rotatable bonds is 1. The van der Waals surface area contributed by atoms with Crippen molar-refractivity contribution >= 4 is 11.5 Å². The Bertz CT molecular complexity index is 763. The predicted octanol–water partition coefficient (Wildman–Crippen LogP) is 4.88. The Hall–Kier alpha value is -2.51. The van der Waals surface area contributed by atoms with Crippen LogP contribution in [0.25, 0.3) is 0 Å². The number of para-hydroxylation sites is 1. The first kappa shape index (κ1) is 16.4. The molecule has 2 aromatic carbocycles. The fourth-order valence-electron chi connectivity index (χ4n) is 2.62. The van der Waals surface area contributed by atoms with Gasteiger partial charge in [-0.2, -0.15) is 26.3 Å². The molecule has 2 nitrogen and oxygen atoms in total. The van der Waals surface area contributed by atoms with Crippen molar-refractivity contribution in [1.82, 2.24) is 0 Å². The Morgan fingerprint density at radius 3 is 1.88 bits per heavy atom. The monoisotopic (exact) mass is 344 g/mol. The number of aliphatic imine (C=N–C) groups is 1. The molecule has 0 fully saturated rings. The third-order valence-corrected chi connectivity index (χ3v) is 3.72. The van der Waals surface area contributed by atoms with Crippen molar-refractivity contribution in [2.75, 3.05) is 5.32 Å². The lowest BCUT2D eigenvalue weighted by atomic mass is 9.85. The minimum absolute atomic E-state index is 0.130. The number of nitrogens with zero attached hydrogens (tertiary/aromatic N) is 1. The van der Waals surface area contributed by atoms with E-state index in [0.29, 0.717) is 0 Å². The molecule has 1 N–H and O–H groups in total. The number of anilines is 1. The van der Waals surface area contributed by atoms with Gasteiger partial charge in [0.15, 0.2) is 0 Å². The average Bonchev–Trinajstić information content (AvgIpc) is 2.52. The first-order valence-electron chi connectivity index (χ1n) is 6.82. The first-order valence-corrected chi connectivity index (χ1v) is 6.82. The van der Waals surface area contributed by atoms with Gasteiger partial charge in [-0.25, -0.2) is 4.99 Å². The number of amidine groups is 1. The highest BCUT2D eigenvalue weighted by Gasteiger charge is 2.74. The molecule has 2 aromatic rings. The van der Waals surface area contributed by atoms with Crippen molar-refractivity contribution in [3.63, 3.8) is 0 Å². The molecule has 8 heteroatoms. The molecule has 24 heavy (non-hydrogen) atoms. The fourth-order valence-corrected chi connectivity index (χ4v) is 2.62. The van der Waals surface area contributed by atoms with Gasteiger partial charge in [0.05, 0.1) is 0 Å². The topological polar surface area (TPSA) is 24.4 Å². The number of benzene rings is 2. The van der Waals surface area contributed by atoms with Crippen LogP contribution in [-0.2, 0) is 5.54 Å². The van der Waals surface area contributed by atoms with Gasteiger partial charge in [-0.05, 0) is 6.07 Å². The largest absolute Gasteiger partial charge is 0.427 e. The maximum absolute atomic E-state index is 13.6. The van der Waals surface area contributed by atoms with E-state index in [9.17, 15) is 26.3 Å². The van der Waals surface area contributed by atoms with Crippen LogP contribution in [0.1, 0.15) is 11.1 Å². The third-order valence-electron chi connectivity index (χ3n) is 3.72. The molecule has 3 rings (SSSR count). The number of alkyl halides is 6. The van der Waals surface area contributed by atoms with Crippen molar-refractivity contribution in [3.8, 4) is 0 Å². The van der Waals surface area contributed by atoms with E-state index in [0.717, 1.165) is 12.1 Å². The highest BCUT2D eigenvalue weighted by Crippen LogP contribution is 2.56. The Morgan fingerprint density at radius 2 is 1.29 bits per heavy atom. The van der Waals surface area contributed by atoms with Crippen molar-refractivity contribution < 1.29 is 26.3 Å². The van der Waals surface area contributed by atoms with E-state index in [2.05, 4.69) is 10.3 Å². The molecule has 0 amide bonds. The zero-order valence-electron chi connectivity index (χ0n) is 11.9. The summed E-state index contributed by atoms with van der Waals surface area (Å²) in [5.74, 6) is -0.482. The second-order valence-electron chi connectivity index (χ2n) is 5.20. The molecular formula is C16H10F6N2. The molecule has 0 unspecified atom stereocenters. The molecule has 0 bridgehead atoms. The van der Waals surface area contributed by atoms with E-state index in [1.54, 1.807) is 6.07 Å². The van der Waals surface area contributed by atoms with Crippen LogP contribution in [0.2, 0.25) is 0 Å². The Labute approximate surface area is 132 Å². The molecule has 0 radical (unpaired) electrons. The summed E-state index contributed by atoms with van der Waals surface area (Å²) in [5, 5.41) is 2.56. The van der Waals surface area contributed by atoms with E-state index >= 15 is 0 Å². The minimum Gasteiger partial charge on any atom is -0.340 e. The summed E-state index contributed by atoms with van der Waals surface area (Å²) >= 11 is 0. The van der Waals surface area contributed by atoms with Crippen molar-refractivity contribution in [1.29, 1.82) is 0 Å². The van der Waals surface area contributed by atoms with Crippen LogP contribution in [0.4, 0.5) is 32.0 Å². The summed E-state index contributed by atoms with van der Waals surface area (Å²) in [6.07, 6.45) is -11.3. The van der Waals surface area contributed by atoms with Gasteiger partial charge in [-0.1, -0.05) is 48.5 Å². The van der Waals surface area contributed by atoms with Crippen LogP contribution in [0.5, 0.6) is 0 Å². The van der Waals surface area contributed by atoms with E-state index in [4.69, 9.17) is 0 Å². The Morgan fingerprint density at radius 1 is 0.750 bits per heavy atom. The van der Waals surface area contributed by atoms with E-state index in [1.165, 1.54) is 36.4 Å². The van der Waals surface area contributed by atoms with Gasteiger partial charge in [-0.3, -0.25) is 0 Å². The molecule has 1 aliphatic rings. The Kier molecular flexibility index (Phi) is 3.58. The molecule has 0 saturated carbocycles. The third kappa shape index (κ3) is 2.33. The molecule has 0 atom stereocenters. The molecule has 126 valence electrons. The van der Waals surface area contributed by atoms with Gasteiger partial charge in [-0.15, -0.1) is 0 Å². The maximum atomic E-state index is 13.6. The summed E-state index contributed by atoms with van der Waals surface area (Å²) in [4.78, 5) is 3.12. The quantitative estimate of drug-likeness (QED) is 0.733. The summed E-state index contributed by atoms with van der Waals surface area (Å²) in [7, 11) is 0. The van der Waals surface area contributed by atoms with Gasteiger partial charge < -0.3 is 5.32 Å². The molecule has 0 aromatic heterocycles. The number of hydrogen-bond acceptors (Lipinski definition) is 2. The number of fused-ring (bicyclic) bond motifs is 1. The SMILES string of the molecule is FC(F)(F)C1(C(F)(F)F)N=C(c2ccccc2)Nc2ccccc21. The van der Waals surface area contributed by atoms with Crippen molar-refractivity contribution in [2.24, 2.45) is 4.99 Å². The summed E-state index contributed by atoms with van der Waals surface area (Å²) in [6.45, 7) is 0. The van der Waals surface area contributed by atoms with Gasteiger partial charge in [0.25, 0.3) is 5.54 Å². The average molecular weight is 344 g/mol. The zero-order valence-corrected chi connectivity index (χ0v) is 11.9. The van der Waals surface area contributed by atoms with Gasteiger partial charge in [0.2, 0.25) is 0 Å². The maximum Gasteiger partial charge on any atom is 0.427 e. The second kappa shape index (κ2) is 5.25. The van der Waals surface area contributed by atoms with E-state index < -0.39 is 29.3 Å². The lowest BCUT2D eigenvalue weighted by Gasteiger charge is -2.39. The van der Waals surface area contributed by atoms with Crippen LogP contribution < -0.4 is 5.32 Å². The highest BCUT2D eigenvalue weighted by atomic mass is 19.4. The molecule has 0 saturated heterocycles. The van der Waals surface area contributed by atoms with Crippen LogP contribution >= 0.6 is 0 Å². The van der Waals surface area contributed by atoms with Gasteiger partial charge >= 0.3 is 12.4 Å². The van der Waals surface area contributed by atoms with Crippen LogP contribution in [-0.4, -0.2) is 18.2 Å². The van der Waals surface area contributed by atoms with Crippen LogP contribution in [0.15, 0.2) is 59.6 Å². The highest BCUT2D eigenvalue weighted by molar-refractivity contribution is 6.10. The molecule has 1 heterocycles. The second-order valence-corrected chi connectivity index (χ2v) is 5.20. The first-order chi connectivity index (χ1) is 11.2. The van der Waals surface area contributed by atoms with Gasteiger partial charge in [0.1, 0.15) is 5.84 Å². The number of halogens is 6. The lowest BCUT2D eigenvalue weighted by molar-refractivity contribution is -0.300. The molecule has 0 aliphatic carbocycles.